The predicted octanol–water partition coefficient (Wildman–Crippen LogP) is 2.95. The Labute approximate surface area is 139 Å². The number of rotatable bonds is 3. The summed E-state index contributed by atoms with van der Waals surface area (Å²) in [6.07, 6.45) is 2.03. The molecule has 23 heavy (non-hydrogen) atoms. The molecule has 0 N–H and O–H groups in total. The van der Waals surface area contributed by atoms with Gasteiger partial charge in [0.1, 0.15) is 0 Å². The van der Waals surface area contributed by atoms with Crippen molar-refractivity contribution in [2.75, 3.05) is 12.7 Å². The molecule has 0 radical (unpaired) electrons. The molecule has 2 aliphatic rings. The van der Waals surface area contributed by atoms with E-state index in [0.717, 1.165) is 18.1 Å². The van der Waals surface area contributed by atoms with E-state index in [0.29, 0.717) is 17.1 Å². The van der Waals surface area contributed by atoms with Gasteiger partial charge in [-0.05, 0) is 42.6 Å². The average Bonchev–Trinajstić information content (AvgIpc) is 3.17. The second-order valence-corrected chi connectivity index (χ2v) is 10.9. The van der Waals surface area contributed by atoms with E-state index in [1.807, 2.05) is 25.1 Å². The minimum Gasteiger partial charge on any atom is -0.207 e. The number of benzene rings is 2. The van der Waals surface area contributed by atoms with Crippen LogP contribution >= 0.6 is 7.92 Å². The molecule has 2 fully saturated rings. The number of fused-ring (bicyclic) bond motifs is 2. The molecule has 5 heteroatoms. The molecule has 120 valence electrons. The van der Waals surface area contributed by atoms with Gasteiger partial charge in [0.15, 0.2) is 0 Å². The van der Waals surface area contributed by atoms with Crippen molar-refractivity contribution in [3.05, 3.63) is 60.2 Å². The third-order valence-electron chi connectivity index (χ3n) is 4.91. The molecule has 2 heterocycles. The van der Waals surface area contributed by atoms with E-state index in [2.05, 4.69) is 24.3 Å². The van der Waals surface area contributed by atoms with Crippen LogP contribution < -0.4 is 5.30 Å². The maximum Gasteiger partial charge on any atom is 0.243 e. The maximum absolute atomic E-state index is 12.9. The van der Waals surface area contributed by atoms with Crippen molar-refractivity contribution in [3.8, 4) is 0 Å². The molecule has 0 saturated carbocycles. The zero-order valence-electron chi connectivity index (χ0n) is 13.1. The fourth-order valence-electron chi connectivity index (χ4n) is 3.71. The Morgan fingerprint density at radius 2 is 1.74 bits per heavy atom. The summed E-state index contributed by atoms with van der Waals surface area (Å²) in [6, 6.07) is 18.0. The number of hydrogen-bond acceptors (Lipinski definition) is 2. The lowest BCUT2D eigenvalue weighted by Gasteiger charge is -2.31. The van der Waals surface area contributed by atoms with Gasteiger partial charge < -0.3 is 0 Å². The Kier molecular flexibility index (Phi) is 3.79. The first-order chi connectivity index (χ1) is 11.1. The van der Waals surface area contributed by atoms with Crippen LogP contribution in [0.2, 0.25) is 0 Å². The molecular formula is C18H20NO2PS. The van der Waals surface area contributed by atoms with E-state index in [4.69, 9.17) is 0 Å². The van der Waals surface area contributed by atoms with E-state index in [1.165, 1.54) is 5.30 Å². The number of aryl methyl sites for hydroxylation is 1. The lowest BCUT2D eigenvalue weighted by molar-refractivity contribution is 0.408. The van der Waals surface area contributed by atoms with Crippen LogP contribution in [0.1, 0.15) is 12.0 Å². The van der Waals surface area contributed by atoms with Crippen molar-refractivity contribution in [1.82, 2.24) is 4.31 Å². The molecule has 2 saturated heterocycles. The Morgan fingerprint density at radius 1 is 1.04 bits per heavy atom. The van der Waals surface area contributed by atoms with Crippen molar-refractivity contribution in [3.63, 3.8) is 0 Å². The summed E-state index contributed by atoms with van der Waals surface area (Å²) in [6.45, 7) is 2.66. The van der Waals surface area contributed by atoms with Crippen molar-refractivity contribution in [2.45, 2.75) is 29.9 Å². The third-order valence-corrected chi connectivity index (χ3v) is 9.87. The standard InChI is InChI=1S/C18H20NO2PS/c1-14-7-9-18(10-8-14)23(20,21)19-12-17-11-15(19)13-22(17)16-5-3-2-4-6-16/h2-10,15,17H,11-13H2,1H3/t15-,17-,22?/m0/s1. The topological polar surface area (TPSA) is 37.4 Å². The Balaban J connectivity index is 1.57. The summed E-state index contributed by atoms with van der Waals surface area (Å²) in [7, 11) is -3.56. The molecule has 3 atom stereocenters. The van der Waals surface area contributed by atoms with Crippen LogP contribution in [-0.2, 0) is 10.0 Å². The fourth-order valence-corrected chi connectivity index (χ4v) is 8.76. The molecule has 2 aromatic carbocycles. The van der Waals surface area contributed by atoms with Crippen LogP contribution in [0, 0.1) is 6.92 Å². The summed E-state index contributed by atoms with van der Waals surface area (Å²) in [5.41, 5.74) is 1.59. The summed E-state index contributed by atoms with van der Waals surface area (Å²) in [4.78, 5) is 0.430. The molecule has 0 spiro atoms. The molecule has 3 nitrogen and oxygen atoms in total. The van der Waals surface area contributed by atoms with Gasteiger partial charge in [0, 0.05) is 12.6 Å². The lowest BCUT2D eigenvalue weighted by Crippen LogP contribution is -2.40. The summed E-state index contributed by atoms with van der Waals surface area (Å²) >= 11 is 0. The average molecular weight is 345 g/mol. The van der Waals surface area contributed by atoms with Crippen molar-refractivity contribution in [2.24, 2.45) is 0 Å². The molecule has 1 unspecified atom stereocenters. The molecule has 2 aromatic rings. The van der Waals surface area contributed by atoms with E-state index in [9.17, 15) is 8.42 Å². The molecular weight excluding hydrogens is 325 g/mol. The largest absolute Gasteiger partial charge is 0.243 e. The zero-order chi connectivity index (χ0) is 16.0. The third kappa shape index (κ3) is 2.63. The number of hydrogen-bond donors (Lipinski definition) is 0. The van der Waals surface area contributed by atoms with Crippen LogP contribution in [0.25, 0.3) is 0 Å². The Morgan fingerprint density at radius 3 is 2.35 bits per heavy atom. The highest BCUT2D eigenvalue weighted by Crippen LogP contribution is 2.55. The second kappa shape index (κ2) is 5.70. The van der Waals surface area contributed by atoms with Gasteiger partial charge in [-0.25, -0.2) is 8.42 Å². The van der Waals surface area contributed by atoms with Gasteiger partial charge in [-0.2, -0.15) is 4.31 Å². The fraction of sp³-hybridized carbons (Fsp3) is 0.333. The zero-order valence-corrected chi connectivity index (χ0v) is 14.8. The van der Waals surface area contributed by atoms with E-state index < -0.39 is 10.0 Å². The van der Waals surface area contributed by atoms with Crippen LogP contribution in [0.4, 0.5) is 0 Å². The van der Waals surface area contributed by atoms with Crippen molar-refractivity contribution in [1.29, 1.82) is 0 Å². The van der Waals surface area contributed by atoms with Gasteiger partial charge >= 0.3 is 0 Å². The van der Waals surface area contributed by atoms with Crippen LogP contribution in [-0.4, -0.2) is 37.1 Å². The van der Waals surface area contributed by atoms with Crippen LogP contribution in [0.15, 0.2) is 59.5 Å². The maximum atomic E-state index is 12.9. The van der Waals surface area contributed by atoms with Gasteiger partial charge in [0.25, 0.3) is 0 Å². The molecule has 2 bridgehead atoms. The van der Waals surface area contributed by atoms with E-state index >= 15 is 0 Å². The minimum atomic E-state index is -3.35. The number of sulfonamides is 1. The van der Waals surface area contributed by atoms with E-state index in [1.54, 1.807) is 16.4 Å². The first kappa shape index (κ1) is 15.3. The second-order valence-electron chi connectivity index (χ2n) is 6.42. The van der Waals surface area contributed by atoms with Gasteiger partial charge in [-0.1, -0.05) is 55.9 Å². The first-order valence-corrected chi connectivity index (χ1v) is 11.0. The monoisotopic (exact) mass is 345 g/mol. The van der Waals surface area contributed by atoms with Crippen LogP contribution in [0.3, 0.4) is 0 Å². The smallest absolute Gasteiger partial charge is 0.207 e. The Bertz CT molecular complexity index is 805. The lowest BCUT2D eigenvalue weighted by atomic mass is 10.2. The molecule has 2 aliphatic heterocycles. The summed E-state index contributed by atoms with van der Waals surface area (Å²) in [5.74, 6) is 0. The molecule has 0 aromatic heterocycles. The van der Waals surface area contributed by atoms with Gasteiger partial charge in [-0.3, -0.25) is 0 Å². The SMILES string of the molecule is Cc1ccc(S(=O)(=O)N2C[C@@H]3C[C@H]2CP3c2ccccc2)cc1. The highest BCUT2D eigenvalue weighted by Gasteiger charge is 2.49. The highest BCUT2D eigenvalue weighted by atomic mass is 32.2. The molecule has 0 aliphatic carbocycles. The van der Waals surface area contributed by atoms with Crippen LogP contribution in [0.5, 0.6) is 0 Å². The summed E-state index contributed by atoms with van der Waals surface area (Å²) in [5, 5.41) is 1.42. The van der Waals surface area contributed by atoms with Crippen molar-refractivity contribution < 1.29 is 8.42 Å². The van der Waals surface area contributed by atoms with Crippen molar-refractivity contribution >= 4 is 23.2 Å². The summed E-state index contributed by atoms with van der Waals surface area (Å²) < 4.78 is 27.6. The predicted molar refractivity (Wildman–Crippen MR) is 95.1 cm³/mol. The quantitative estimate of drug-likeness (QED) is 0.802. The first-order valence-electron chi connectivity index (χ1n) is 7.96. The molecule has 4 rings (SSSR count). The minimum absolute atomic E-state index is 0.178. The van der Waals surface area contributed by atoms with Gasteiger partial charge in [-0.15, -0.1) is 0 Å². The van der Waals surface area contributed by atoms with E-state index in [-0.39, 0.29) is 14.0 Å². The normalized spacial score (nSPS) is 27.4. The highest BCUT2D eigenvalue weighted by molar-refractivity contribution is 7.89. The Hall–Kier alpha value is -1.22. The number of nitrogens with zero attached hydrogens (tertiary/aromatic N) is 1. The molecule has 0 amide bonds. The van der Waals surface area contributed by atoms with Gasteiger partial charge in [0.2, 0.25) is 10.0 Å². The van der Waals surface area contributed by atoms with Gasteiger partial charge in [0.05, 0.1) is 4.90 Å².